The van der Waals surface area contributed by atoms with Gasteiger partial charge in [-0.1, -0.05) is 0 Å². The van der Waals surface area contributed by atoms with Crippen molar-refractivity contribution in [3.63, 3.8) is 0 Å². The van der Waals surface area contributed by atoms with E-state index >= 15 is 0 Å². The van der Waals surface area contributed by atoms with Gasteiger partial charge in [0.25, 0.3) is 0 Å². The summed E-state index contributed by atoms with van der Waals surface area (Å²) in [6.45, 7) is 3.29. The monoisotopic (exact) mass is 404 g/mol. The molecule has 7 heteroatoms. The lowest BCUT2D eigenvalue weighted by Crippen LogP contribution is -2.41. The second-order valence-electron chi connectivity index (χ2n) is 5.01. The van der Waals surface area contributed by atoms with Crippen LogP contribution in [-0.2, 0) is 4.74 Å². The zero-order valence-electron chi connectivity index (χ0n) is 11.6. The van der Waals surface area contributed by atoms with Crippen LogP contribution in [0, 0.1) is 9.49 Å². The fourth-order valence-corrected chi connectivity index (χ4v) is 2.72. The molecule has 0 bridgehead atoms. The third-order valence-electron chi connectivity index (χ3n) is 3.49. The van der Waals surface area contributed by atoms with Crippen LogP contribution in [-0.4, -0.2) is 36.4 Å². The number of carboxylic acid groups (broad SMARTS) is 1. The number of urea groups is 1. The molecule has 21 heavy (non-hydrogen) atoms. The molecule has 1 heterocycles. The lowest BCUT2D eigenvalue weighted by molar-refractivity contribution is 0.0698. The van der Waals surface area contributed by atoms with Crippen molar-refractivity contribution in [2.24, 2.45) is 5.92 Å². The summed E-state index contributed by atoms with van der Waals surface area (Å²) in [5.41, 5.74) is 0.365. The van der Waals surface area contributed by atoms with Gasteiger partial charge in [0.15, 0.2) is 0 Å². The molecular weight excluding hydrogens is 387 g/mol. The molecule has 2 amide bonds. The van der Waals surface area contributed by atoms with Gasteiger partial charge in [-0.15, -0.1) is 0 Å². The normalized spacial score (nSPS) is 19.0. The number of halogens is 1. The number of aromatic carboxylic acids is 1. The number of carbonyl (C=O) groups excluding carboxylic acids is 1. The molecule has 0 saturated carbocycles. The first kappa shape index (κ1) is 16.0. The van der Waals surface area contributed by atoms with E-state index in [4.69, 9.17) is 9.84 Å². The SMILES string of the molecule is CC(NC(=O)Nc1ccc(I)cc1C(=O)O)C1CCOC1. The van der Waals surface area contributed by atoms with Crippen molar-refractivity contribution >= 4 is 40.3 Å². The van der Waals surface area contributed by atoms with Crippen LogP contribution in [0.4, 0.5) is 10.5 Å². The van der Waals surface area contributed by atoms with Crippen molar-refractivity contribution in [1.82, 2.24) is 5.32 Å². The van der Waals surface area contributed by atoms with Crippen LogP contribution in [0.5, 0.6) is 0 Å². The first-order valence-corrected chi connectivity index (χ1v) is 7.73. The summed E-state index contributed by atoms with van der Waals surface area (Å²) < 4.78 is 6.09. The minimum absolute atomic E-state index is 0.0235. The molecular formula is C14H17IN2O4. The zero-order valence-corrected chi connectivity index (χ0v) is 13.7. The second-order valence-corrected chi connectivity index (χ2v) is 6.25. The molecule has 0 radical (unpaired) electrons. The number of hydrogen-bond donors (Lipinski definition) is 3. The van der Waals surface area contributed by atoms with E-state index in [0.717, 1.165) is 16.6 Å². The number of carbonyl (C=O) groups is 2. The maximum Gasteiger partial charge on any atom is 0.337 e. The van der Waals surface area contributed by atoms with Gasteiger partial charge in [-0.3, -0.25) is 0 Å². The van der Waals surface area contributed by atoms with E-state index < -0.39 is 12.0 Å². The number of nitrogens with one attached hydrogen (secondary N) is 2. The number of rotatable bonds is 4. The van der Waals surface area contributed by atoms with Crippen molar-refractivity contribution in [3.05, 3.63) is 27.3 Å². The molecule has 0 spiro atoms. The summed E-state index contributed by atoms with van der Waals surface area (Å²) in [5, 5.41) is 14.6. The van der Waals surface area contributed by atoms with Gasteiger partial charge < -0.3 is 20.5 Å². The van der Waals surface area contributed by atoms with Gasteiger partial charge in [0.2, 0.25) is 0 Å². The average molecular weight is 404 g/mol. The molecule has 2 atom stereocenters. The molecule has 2 unspecified atom stereocenters. The fourth-order valence-electron chi connectivity index (χ4n) is 2.23. The fraction of sp³-hybridized carbons (Fsp3) is 0.429. The number of carboxylic acids is 1. The van der Waals surface area contributed by atoms with Gasteiger partial charge in [0.1, 0.15) is 0 Å². The molecule has 0 aromatic heterocycles. The Bertz CT molecular complexity index is 544. The Hall–Kier alpha value is -1.35. The Kier molecular flexibility index (Phi) is 5.40. The maximum absolute atomic E-state index is 12.0. The Morgan fingerprint density at radius 3 is 2.86 bits per heavy atom. The van der Waals surface area contributed by atoms with E-state index in [0.29, 0.717) is 12.5 Å². The Labute approximate surface area is 136 Å². The maximum atomic E-state index is 12.0. The number of anilines is 1. The van der Waals surface area contributed by atoms with E-state index in [-0.39, 0.29) is 17.3 Å². The van der Waals surface area contributed by atoms with Gasteiger partial charge in [-0.25, -0.2) is 9.59 Å². The lowest BCUT2D eigenvalue weighted by Gasteiger charge is -2.20. The third-order valence-corrected chi connectivity index (χ3v) is 4.16. The van der Waals surface area contributed by atoms with Gasteiger partial charge in [-0.2, -0.15) is 0 Å². The van der Waals surface area contributed by atoms with Gasteiger partial charge in [0.05, 0.1) is 17.9 Å². The zero-order chi connectivity index (χ0) is 15.4. The summed E-state index contributed by atoms with van der Waals surface area (Å²) >= 11 is 2.03. The molecule has 1 aliphatic rings. The van der Waals surface area contributed by atoms with Crippen LogP contribution >= 0.6 is 22.6 Å². The summed E-state index contributed by atoms with van der Waals surface area (Å²) in [7, 11) is 0. The third kappa shape index (κ3) is 4.31. The highest BCUT2D eigenvalue weighted by Crippen LogP contribution is 2.20. The van der Waals surface area contributed by atoms with Crippen LogP contribution in [0.1, 0.15) is 23.7 Å². The quantitative estimate of drug-likeness (QED) is 0.674. The number of benzene rings is 1. The molecule has 2 rings (SSSR count). The highest BCUT2D eigenvalue weighted by molar-refractivity contribution is 14.1. The van der Waals surface area contributed by atoms with Crippen molar-refractivity contribution in [2.45, 2.75) is 19.4 Å². The van der Waals surface area contributed by atoms with Crippen LogP contribution < -0.4 is 10.6 Å². The lowest BCUT2D eigenvalue weighted by atomic mass is 10.0. The highest BCUT2D eigenvalue weighted by Gasteiger charge is 2.24. The summed E-state index contributed by atoms with van der Waals surface area (Å²) in [4.78, 5) is 23.2. The largest absolute Gasteiger partial charge is 0.478 e. The first-order valence-electron chi connectivity index (χ1n) is 6.65. The number of amides is 2. The van der Waals surface area contributed by atoms with Gasteiger partial charge in [-0.05, 0) is 54.1 Å². The molecule has 114 valence electrons. The van der Waals surface area contributed by atoms with Crippen LogP contribution in [0.15, 0.2) is 18.2 Å². The predicted octanol–water partition coefficient (Wildman–Crippen LogP) is 2.54. The highest BCUT2D eigenvalue weighted by atomic mass is 127. The summed E-state index contributed by atoms with van der Waals surface area (Å²) in [6, 6.07) is 4.43. The molecule has 1 fully saturated rings. The second kappa shape index (κ2) is 7.08. The van der Waals surface area contributed by atoms with Crippen molar-refractivity contribution in [2.75, 3.05) is 18.5 Å². The van der Waals surface area contributed by atoms with E-state index in [2.05, 4.69) is 10.6 Å². The summed E-state index contributed by atoms with van der Waals surface area (Å²) in [6.07, 6.45) is 0.922. The molecule has 1 aromatic carbocycles. The van der Waals surface area contributed by atoms with E-state index in [1.54, 1.807) is 12.1 Å². The van der Waals surface area contributed by atoms with Crippen molar-refractivity contribution < 1.29 is 19.4 Å². The standard InChI is InChI=1S/C14H17IN2O4/c1-8(9-4-5-21-7-9)16-14(20)17-12-3-2-10(15)6-11(12)13(18)19/h2-3,6,8-9H,4-5,7H2,1H3,(H,18,19)(H2,16,17,20). The number of hydrogen-bond acceptors (Lipinski definition) is 3. The van der Waals surface area contributed by atoms with E-state index in [1.165, 1.54) is 6.07 Å². The smallest absolute Gasteiger partial charge is 0.337 e. The van der Waals surface area contributed by atoms with Crippen LogP contribution in [0.3, 0.4) is 0 Å². The first-order chi connectivity index (χ1) is 9.97. The Morgan fingerprint density at radius 2 is 2.24 bits per heavy atom. The molecule has 1 aromatic rings. The van der Waals surface area contributed by atoms with Crippen molar-refractivity contribution in [3.8, 4) is 0 Å². The van der Waals surface area contributed by atoms with Crippen LogP contribution in [0.25, 0.3) is 0 Å². The minimum Gasteiger partial charge on any atom is -0.478 e. The minimum atomic E-state index is -1.07. The van der Waals surface area contributed by atoms with Crippen LogP contribution in [0.2, 0.25) is 0 Å². The number of ether oxygens (including phenoxy) is 1. The predicted molar refractivity (Wildman–Crippen MR) is 86.7 cm³/mol. The molecule has 3 N–H and O–H groups in total. The average Bonchev–Trinajstić information content (AvgIpc) is 2.94. The summed E-state index contributed by atoms with van der Waals surface area (Å²) in [5.74, 6) is -0.771. The molecule has 1 aliphatic heterocycles. The topological polar surface area (TPSA) is 87.7 Å². The van der Waals surface area contributed by atoms with E-state index in [9.17, 15) is 9.59 Å². The van der Waals surface area contributed by atoms with Gasteiger partial charge >= 0.3 is 12.0 Å². The van der Waals surface area contributed by atoms with E-state index in [1.807, 2.05) is 29.5 Å². The Morgan fingerprint density at radius 1 is 1.48 bits per heavy atom. The molecule has 6 nitrogen and oxygen atoms in total. The Balaban J connectivity index is 2.00. The molecule has 1 saturated heterocycles. The van der Waals surface area contributed by atoms with Gasteiger partial charge in [0, 0.05) is 22.1 Å². The van der Waals surface area contributed by atoms with Crippen molar-refractivity contribution in [1.29, 1.82) is 0 Å². The molecule has 0 aliphatic carbocycles.